The van der Waals surface area contributed by atoms with E-state index in [2.05, 4.69) is 55.5 Å². The van der Waals surface area contributed by atoms with Crippen molar-refractivity contribution >= 4 is 0 Å². The number of nitrogens with zero attached hydrogens (tertiary/aromatic N) is 1. The topological polar surface area (TPSA) is 15.3 Å². The summed E-state index contributed by atoms with van der Waals surface area (Å²) in [5.74, 6) is 0. The fraction of sp³-hybridized carbons (Fsp3) is 0.600. The summed E-state index contributed by atoms with van der Waals surface area (Å²) in [5, 5.41) is 2.35. The monoisotopic (exact) mass is 232 g/mol. The zero-order valence-electron chi connectivity index (χ0n) is 11.3. The van der Waals surface area contributed by atoms with E-state index in [0.717, 1.165) is 26.1 Å². The summed E-state index contributed by atoms with van der Waals surface area (Å²) < 4.78 is 0. The predicted molar refractivity (Wildman–Crippen MR) is 73.6 cm³/mol. The normalized spacial score (nSPS) is 23.7. The maximum Gasteiger partial charge on any atom is 0.0384 e. The zero-order chi connectivity index (χ0) is 12.3. The molecular formula is C15H24N2. The Morgan fingerprint density at radius 2 is 1.94 bits per heavy atom. The van der Waals surface area contributed by atoms with Crippen molar-refractivity contribution in [1.82, 2.24) is 10.4 Å². The van der Waals surface area contributed by atoms with Gasteiger partial charge in [-0.1, -0.05) is 45.1 Å². The molecular weight excluding hydrogens is 208 g/mol. The number of nitrogens with one attached hydrogen (secondary N) is 1. The van der Waals surface area contributed by atoms with E-state index in [0.29, 0.717) is 0 Å². The molecule has 0 bridgehead atoms. The van der Waals surface area contributed by atoms with Crippen molar-refractivity contribution in [2.45, 2.75) is 33.6 Å². The molecule has 0 amide bonds. The zero-order valence-corrected chi connectivity index (χ0v) is 11.3. The number of hydrogen-bond acceptors (Lipinski definition) is 2. The van der Waals surface area contributed by atoms with Gasteiger partial charge in [0.2, 0.25) is 0 Å². The highest BCUT2D eigenvalue weighted by atomic mass is 15.5. The first-order chi connectivity index (χ1) is 8.11. The van der Waals surface area contributed by atoms with Crippen LogP contribution in [0.1, 0.15) is 33.6 Å². The third-order valence-electron chi connectivity index (χ3n) is 3.44. The lowest BCUT2D eigenvalue weighted by Crippen LogP contribution is -2.42. The molecule has 0 radical (unpaired) electrons. The van der Waals surface area contributed by atoms with Gasteiger partial charge in [-0.15, -0.1) is 0 Å². The second-order valence-corrected chi connectivity index (χ2v) is 5.62. The lowest BCUT2D eigenvalue weighted by Gasteiger charge is -2.29. The van der Waals surface area contributed by atoms with Gasteiger partial charge in [-0.05, 0) is 24.0 Å². The van der Waals surface area contributed by atoms with E-state index in [1.165, 1.54) is 17.6 Å². The molecule has 1 heterocycles. The van der Waals surface area contributed by atoms with E-state index in [4.69, 9.17) is 0 Å². The molecule has 1 N–H and O–H groups in total. The number of allylic oxidation sites excluding steroid dienone is 3. The third kappa shape index (κ3) is 3.30. The van der Waals surface area contributed by atoms with Crippen LogP contribution in [0.25, 0.3) is 0 Å². The molecule has 0 saturated heterocycles. The Bertz CT molecular complexity index is 361. The van der Waals surface area contributed by atoms with Crippen LogP contribution in [0.15, 0.2) is 35.5 Å². The maximum absolute atomic E-state index is 3.49. The molecule has 0 unspecified atom stereocenters. The molecule has 0 aromatic rings. The van der Waals surface area contributed by atoms with Gasteiger partial charge in [0.05, 0.1) is 0 Å². The summed E-state index contributed by atoms with van der Waals surface area (Å²) in [7, 11) is 0. The van der Waals surface area contributed by atoms with Crippen molar-refractivity contribution in [3.8, 4) is 0 Å². The van der Waals surface area contributed by atoms with E-state index >= 15 is 0 Å². The smallest absolute Gasteiger partial charge is 0.0384 e. The fourth-order valence-electron chi connectivity index (χ4n) is 2.24. The first kappa shape index (κ1) is 12.6. The van der Waals surface area contributed by atoms with Gasteiger partial charge >= 0.3 is 0 Å². The molecule has 94 valence electrons. The lowest BCUT2D eigenvalue weighted by atomic mass is 9.93. The van der Waals surface area contributed by atoms with Crippen LogP contribution in [0.3, 0.4) is 0 Å². The second-order valence-electron chi connectivity index (χ2n) is 5.62. The van der Waals surface area contributed by atoms with Crippen LogP contribution in [-0.4, -0.2) is 24.6 Å². The molecule has 17 heavy (non-hydrogen) atoms. The fourth-order valence-corrected chi connectivity index (χ4v) is 2.24. The Morgan fingerprint density at radius 3 is 2.65 bits per heavy atom. The van der Waals surface area contributed by atoms with E-state index < -0.39 is 0 Å². The summed E-state index contributed by atoms with van der Waals surface area (Å²) in [6.07, 6.45) is 11.6. The van der Waals surface area contributed by atoms with Gasteiger partial charge in [0.1, 0.15) is 0 Å². The third-order valence-corrected chi connectivity index (χ3v) is 3.44. The molecule has 2 rings (SSSR count). The first-order valence-electron chi connectivity index (χ1n) is 6.70. The number of rotatable bonds is 3. The van der Waals surface area contributed by atoms with Gasteiger partial charge in [0.15, 0.2) is 0 Å². The Balaban J connectivity index is 2.06. The van der Waals surface area contributed by atoms with Crippen LogP contribution < -0.4 is 5.43 Å². The highest BCUT2D eigenvalue weighted by Crippen LogP contribution is 2.28. The van der Waals surface area contributed by atoms with Crippen LogP contribution in [0.4, 0.5) is 0 Å². The van der Waals surface area contributed by atoms with Gasteiger partial charge in [-0.2, -0.15) is 0 Å². The van der Waals surface area contributed by atoms with Gasteiger partial charge < -0.3 is 0 Å². The summed E-state index contributed by atoms with van der Waals surface area (Å²) in [6, 6.07) is 0. The van der Waals surface area contributed by atoms with Crippen molar-refractivity contribution < 1.29 is 0 Å². The SMILES string of the molecule is CCCNN1CCC2=C(C=CC(C)(C)C=C2)C1. The summed E-state index contributed by atoms with van der Waals surface area (Å²) in [5.41, 5.74) is 6.67. The number of hydrogen-bond donors (Lipinski definition) is 1. The van der Waals surface area contributed by atoms with Crippen LogP contribution in [0.5, 0.6) is 0 Å². The van der Waals surface area contributed by atoms with Crippen molar-refractivity contribution in [3.05, 3.63) is 35.5 Å². The first-order valence-corrected chi connectivity index (χ1v) is 6.70. The minimum atomic E-state index is 0.193. The molecule has 0 saturated carbocycles. The highest BCUT2D eigenvalue weighted by molar-refractivity contribution is 5.40. The molecule has 1 aliphatic carbocycles. The van der Waals surface area contributed by atoms with E-state index in [1.807, 2.05) is 0 Å². The minimum absolute atomic E-state index is 0.193. The summed E-state index contributed by atoms with van der Waals surface area (Å²) in [4.78, 5) is 0. The number of hydrazine groups is 1. The van der Waals surface area contributed by atoms with Crippen molar-refractivity contribution in [3.63, 3.8) is 0 Å². The molecule has 0 spiro atoms. The van der Waals surface area contributed by atoms with Gasteiger partial charge in [0.25, 0.3) is 0 Å². The second kappa shape index (κ2) is 5.19. The van der Waals surface area contributed by atoms with Gasteiger partial charge in [0, 0.05) is 25.0 Å². The Hall–Kier alpha value is -0.860. The predicted octanol–water partition coefficient (Wildman–Crippen LogP) is 3.06. The Morgan fingerprint density at radius 1 is 1.24 bits per heavy atom. The van der Waals surface area contributed by atoms with Crippen molar-refractivity contribution in [2.24, 2.45) is 5.41 Å². The maximum atomic E-state index is 3.49. The van der Waals surface area contributed by atoms with Crippen molar-refractivity contribution in [1.29, 1.82) is 0 Å². The molecule has 0 fully saturated rings. The van der Waals surface area contributed by atoms with E-state index in [9.17, 15) is 0 Å². The van der Waals surface area contributed by atoms with Gasteiger partial charge in [-0.25, -0.2) is 5.01 Å². The Kier molecular flexibility index (Phi) is 3.85. The quantitative estimate of drug-likeness (QED) is 0.804. The van der Waals surface area contributed by atoms with Crippen LogP contribution in [-0.2, 0) is 0 Å². The molecule has 2 aliphatic rings. The lowest BCUT2D eigenvalue weighted by molar-refractivity contribution is 0.200. The average molecular weight is 232 g/mol. The molecule has 2 nitrogen and oxygen atoms in total. The summed E-state index contributed by atoms with van der Waals surface area (Å²) in [6.45, 7) is 9.95. The molecule has 1 aliphatic heterocycles. The van der Waals surface area contributed by atoms with E-state index in [1.54, 1.807) is 0 Å². The van der Waals surface area contributed by atoms with Gasteiger partial charge in [-0.3, -0.25) is 5.43 Å². The molecule has 0 aromatic heterocycles. The standard InChI is InChI=1S/C15H24N2/c1-4-10-16-17-11-7-13-5-8-15(2,3)9-6-14(13)12-17/h5-6,8-9,16H,4,7,10-12H2,1-3H3. The molecule has 0 aromatic carbocycles. The summed E-state index contributed by atoms with van der Waals surface area (Å²) >= 11 is 0. The average Bonchev–Trinajstić information content (AvgIpc) is 2.46. The molecule has 2 heteroatoms. The van der Waals surface area contributed by atoms with Crippen molar-refractivity contribution in [2.75, 3.05) is 19.6 Å². The minimum Gasteiger partial charge on any atom is -0.255 e. The van der Waals surface area contributed by atoms with Crippen LogP contribution in [0.2, 0.25) is 0 Å². The highest BCUT2D eigenvalue weighted by Gasteiger charge is 2.19. The molecule has 0 atom stereocenters. The van der Waals surface area contributed by atoms with E-state index in [-0.39, 0.29) is 5.41 Å². The van der Waals surface area contributed by atoms with Crippen LogP contribution in [0, 0.1) is 5.41 Å². The Labute approximate surface area is 105 Å². The largest absolute Gasteiger partial charge is 0.255 e. The van der Waals surface area contributed by atoms with Crippen LogP contribution >= 0.6 is 0 Å².